The lowest BCUT2D eigenvalue weighted by Crippen LogP contribution is -2.54. The maximum atomic E-state index is 6.86. The van der Waals surface area contributed by atoms with E-state index in [1.165, 1.54) is 72.0 Å². The maximum Gasteiger partial charge on any atom is 0.293 e. The second-order valence-corrected chi connectivity index (χ2v) is 14.4. The molecule has 0 atom stereocenters. The fourth-order valence-electron chi connectivity index (χ4n) is 7.15. The molecule has 0 bridgehead atoms. The average molecular weight is 546 g/mol. The highest BCUT2D eigenvalue weighted by molar-refractivity contribution is 7.01. The molecule has 42 heavy (non-hydrogen) atoms. The lowest BCUT2D eigenvalue weighted by molar-refractivity contribution is 0.590. The first-order valence-corrected chi connectivity index (χ1v) is 15.1. The van der Waals surface area contributed by atoms with Crippen molar-refractivity contribution in [1.29, 1.82) is 0 Å². The number of aryl methyl sites for hydroxylation is 1. The zero-order chi connectivity index (χ0) is 29.1. The van der Waals surface area contributed by atoms with Gasteiger partial charge in [-0.15, -0.1) is 0 Å². The molecule has 2 nitrogen and oxygen atoms in total. The van der Waals surface area contributed by atoms with Crippen LogP contribution in [0.2, 0.25) is 0 Å². The molecule has 0 spiro atoms. The largest absolute Gasteiger partial charge is 0.470 e. The molecule has 5 aromatic carbocycles. The van der Waals surface area contributed by atoms with Crippen molar-refractivity contribution in [2.45, 2.75) is 59.3 Å². The van der Waals surface area contributed by atoms with E-state index in [-0.39, 0.29) is 17.5 Å². The Morgan fingerprint density at radius 1 is 0.667 bits per heavy atom. The van der Waals surface area contributed by atoms with Gasteiger partial charge in [-0.2, -0.15) is 0 Å². The van der Waals surface area contributed by atoms with Gasteiger partial charge in [0.05, 0.1) is 5.66 Å². The van der Waals surface area contributed by atoms with Crippen LogP contribution >= 0.6 is 0 Å². The SMILES string of the molecule is Cc1cc2c3c(c1)N(c1ccc(C(C)(C)C)cc1)c1cc(C(C)(C)C)ccc1B3c1oc3cc4ccccc4cc3c1-2. The topological polar surface area (TPSA) is 16.4 Å². The summed E-state index contributed by atoms with van der Waals surface area (Å²) in [5.41, 5.74) is 15.1. The van der Waals surface area contributed by atoms with Gasteiger partial charge in [0, 0.05) is 28.0 Å². The number of rotatable bonds is 1. The quantitative estimate of drug-likeness (QED) is 0.192. The third kappa shape index (κ3) is 3.59. The molecule has 0 fully saturated rings. The molecule has 3 heteroatoms. The first-order chi connectivity index (χ1) is 20.0. The van der Waals surface area contributed by atoms with Gasteiger partial charge in [0.15, 0.2) is 0 Å². The van der Waals surface area contributed by atoms with E-state index in [0.29, 0.717) is 0 Å². The number of furan rings is 1. The van der Waals surface area contributed by atoms with Gasteiger partial charge in [0.1, 0.15) is 5.58 Å². The lowest BCUT2D eigenvalue weighted by atomic mass is 9.39. The Bertz CT molecular complexity index is 2070. The normalized spacial score (nSPS) is 14.0. The molecular weight excluding hydrogens is 509 g/mol. The van der Waals surface area contributed by atoms with Crippen LogP contribution in [0.1, 0.15) is 58.2 Å². The summed E-state index contributed by atoms with van der Waals surface area (Å²) in [6.45, 7) is 16.0. The monoisotopic (exact) mass is 545 g/mol. The molecule has 0 radical (unpaired) electrons. The van der Waals surface area contributed by atoms with E-state index in [0.717, 1.165) is 11.2 Å². The van der Waals surface area contributed by atoms with Crippen LogP contribution in [0.4, 0.5) is 17.1 Å². The first-order valence-electron chi connectivity index (χ1n) is 15.1. The molecule has 1 aromatic heterocycles. The number of benzene rings is 5. The number of hydrogen-bond acceptors (Lipinski definition) is 2. The van der Waals surface area contributed by atoms with Crippen molar-refractivity contribution >= 4 is 62.1 Å². The first kappa shape index (κ1) is 25.5. The van der Waals surface area contributed by atoms with Crippen LogP contribution in [0.25, 0.3) is 32.9 Å². The zero-order valence-electron chi connectivity index (χ0n) is 25.6. The van der Waals surface area contributed by atoms with E-state index < -0.39 is 0 Å². The van der Waals surface area contributed by atoms with Gasteiger partial charge in [-0.1, -0.05) is 96.1 Å². The molecule has 2 aliphatic rings. The third-order valence-electron chi connectivity index (χ3n) is 9.39. The molecule has 8 rings (SSSR count). The molecule has 0 saturated heterocycles. The molecule has 0 N–H and O–H groups in total. The van der Waals surface area contributed by atoms with E-state index in [9.17, 15) is 0 Å². The van der Waals surface area contributed by atoms with Crippen LogP contribution in [0.15, 0.2) is 95.4 Å². The smallest absolute Gasteiger partial charge is 0.293 e. The van der Waals surface area contributed by atoms with Gasteiger partial charge < -0.3 is 9.32 Å². The summed E-state index contributed by atoms with van der Waals surface area (Å²) in [5, 5.41) is 3.67. The summed E-state index contributed by atoms with van der Waals surface area (Å²) >= 11 is 0. The van der Waals surface area contributed by atoms with Crippen molar-refractivity contribution in [3.63, 3.8) is 0 Å². The summed E-state index contributed by atoms with van der Waals surface area (Å²) < 4.78 is 6.86. The van der Waals surface area contributed by atoms with Crippen LogP contribution in [-0.2, 0) is 10.8 Å². The van der Waals surface area contributed by atoms with Gasteiger partial charge in [-0.3, -0.25) is 0 Å². The van der Waals surface area contributed by atoms with Crippen molar-refractivity contribution in [3.05, 3.63) is 108 Å². The molecule has 0 aliphatic carbocycles. The van der Waals surface area contributed by atoms with E-state index >= 15 is 0 Å². The van der Waals surface area contributed by atoms with Crippen LogP contribution in [0, 0.1) is 6.92 Å². The molecular formula is C39H36BNO. The van der Waals surface area contributed by atoms with E-state index in [4.69, 9.17) is 4.42 Å². The van der Waals surface area contributed by atoms with Crippen molar-refractivity contribution in [2.75, 3.05) is 4.90 Å². The Kier molecular flexibility index (Phi) is 5.10. The zero-order valence-corrected chi connectivity index (χ0v) is 25.6. The minimum atomic E-state index is 0.0368. The number of anilines is 3. The van der Waals surface area contributed by atoms with Crippen LogP contribution in [-0.4, -0.2) is 6.71 Å². The second kappa shape index (κ2) is 8.41. The van der Waals surface area contributed by atoms with Gasteiger partial charge in [0.2, 0.25) is 0 Å². The van der Waals surface area contributed by atoms with Crippen LogP contribution < -0.4 is 21.5 Å². The summed E-state index contributed by atoms with van der Waals surface area (Å²) in [6, 6.07) is 34.2. The minimum Gasteiger partial charge on any atom is -0.470 e. The van der Waals surface area contributed by atoms with Crippen molar-refractivity contribution in [3.8, 4) is 11.1 Å². The second-order valence-electron chi connectivity index (χ2n) is 14.4. The van der Waals surface area contributed by atoms with Gasteiger partial charge in [0.25, 0.3) is 6.71 Å². The highest BCUT2D eigenvalue weighted by Crippen LogP contribution is 2.45. The number of nitrogens with zero attached hydrogens (tertiary/aromatic N) is 1. The fourth-order valence-corrected chi connectivity index (χ4v) is 7.15. The van der Waals surface area contributed by atoms with E-state index in [1.807, 2.05) is 0 Å². The number of hydrogen-bond donors (Lipinski definition) is 0. The Morgan fingerprint density at radius 3 is 2.02 bits per heavy atom. The molecule has 6 aromatic rings. The van der Waals surface area contributed by atoms with Gasteiger partial charge >= 0.3 is 0 Å². The van der Waals surface area contributed by atoms with Crippen molar-refractivity contribution in [1.82, 2.24) is 0 Å². The molecule has 2 aliphatic heterocycles. The fraction of sp³-hybridized carbons (Fsp3) is 0.231. The van der Waals surface area contributed by atoms with Crippen molar-refractivity contribution in [2.24, 2.45) is 0 Å². The van der Waals surface area contributed by atoms with Crippen LogP contribution in [0.3, 0.4) is 0 Å². The molecule has 0 saturated carbocycles. The van der Waals surface area contributed by atoms with Gasteiger partial charge in [-0.25, -0.2) is 0 Å². The average Bonchev–Trinajstić information content (AvgIpc) is 3.46. The van der Waals surface area contributed by atoms with E-state index in [2.05, 4.69) is 144 Å². The lowest BCUT2D eigenvalue weighted by Gasteiger charge is -2.37. The van der Waals surface area contributed by atoms with Gasteiger partial charge in [-0.05, 0) is 98.1 Å². The summed E-state index contributed by atoms with van der Waals surface area (Å²) in [7, 11) is 0. The predicted molar refractivity (Wildman–Crippen MR) is 181 cm³/mol. The number of fused-ring (bicyclic) bond motifs is 8. The van der Waals surface area contributed by atoms with E-state index in [1.54, 1.807) is 0 Å². The predicted octanol–water partition coefficient (Wildman–Crippen LogP) is 8.77. The Labute approximate surface area is 249 Å². The standard InChI is InChI=1S/C39H36BNO/c1-23-18-30-35-29-20-24-10-8-9-11-25(24)21-34(29)42-37(35)40-31-17-14-27(39(5,6)7)22-32(31)41(33(19-23)36(30)40)28-15-12-26(13-16-28)38(2,3)4/h8-22H,1-7H3. The maximum absolute atomic E-state index is 6.86. The molecule has 0 amide bonds. The molecule has 3 heterocycles. The highest BCUT2D eigenvalue weighted by Gasteiger charge is 2.46. The Hall–Kier alpha value is -4.24. The highest BCUT2D eigenvalue weighted by atomic mass is 16.3. The summed E-state index contributed by atoms with van der Waals surface area (Å²) in [6.07, 6.45) is 0. The molecule has 206 valence electrons. The summed E-state index contributed by atoms with van der Waals surface area (Å²) in [5.74, 6) is 0. The Morgan fingerprint density at radius 2 is 1.33 bits per heavy atom. The minimum absolute atomic E-state index is 0.0368. The Balaban J connectivity index is 1.44. The van der Waals surface area contributed by atoms with Crippen LogP contribution in [0.5, 0.6) is 0 Å². The summed E-state index contributed by atoms with van der Waals surface area (Å²) in [4.78, 5) is 2.50. The molecule has 0 unspecified atom stereocenters. The third-order valence-corrected chi connectivity index (χ3v) is 9.39. The van der Waals surface area contributed by atoms with Crippen molar-refractivity contribution < 1.29 is 4.42 Å².